The van der Waals surface area contributed by atoms with E-state index in [1.54, 1.807) is 7.11 Å². The Bertz CT molecular complexity index is 428. The molecule has 1 aliphatic heterocycles. The van der Waals surface area contributed by atoms with E-state index in [0.29, 0.717) is 12.8 Å². The zero-order valence-corrected chi connectivity index (χ0v) is 9.03. The van der Waals surface area contributed by atoms with Gasteiger partial charge in [-0.25, -0.2) is 0 Å². The van der Waals surface area contributed by atoms with Crippen molar-refractivity contribution in [1.82, 2.24) is 5.32 Å². The lowest BCUT2D eigenvalue weighted by molar-refractivity contribution is -0.134. The summed E-state index contributed by atoms with van der Waals surface area (Å²) in [6.07, 6.45) is 0.964. The van der Waals surface area contributed by atoms with Crippen molar-refractivity contribution in [3.8, 4) is 5.75 Å². The number of carbonyl (C=O) groups is 2. The van der Waals surface area contributed by atoms with Crippen molar-refractivity contribution in [3.05, 3.63) is 29.8 Å². The Hall–Kier alpha value is -1.84. The number of piperidine rings is 1. The Morgan fingerprint density at radius 1 is 1.38 bits per heavy atom. The van der Waals surface area contributed by atoms with Crippen molar-refractivity contribution in [2.75, 3.05) is 7.11 Å². The van der Waals surface area contributed by atoms with E-state index in [9.17, 15) is 9.59 Å². The van der Waals surface area contributed by atoms with Crippen LogP contribution in [-0.4, -0.2) is 18.9 Å². The summed E-state index contributed by atoms with van der Waals surface area (Å²) >= 11 is 0. The van der Waals surface area contributed by atoms with Crippen LogP contribution in [0.1, 0.15) is 24.3 Å². The van der Waals surface area contributed by atoms with Crippen LogP contribution in [-0.2, 0) is 9.59 Å². The molecular formula is C12H13NO3. The number of imide groups is 1. The van der Waals surface area contributed by atoms with E-state index in [0.717, 1.165) is 11.3 Å². The topological polar surface area (TPSA) is 55.4 Å². The molecule has 1 aromatic carbocycles. The summed E-state index contributed by atoms with van der Waals surface area (Å²) in [5, 5.41) is 2.35. The summed E-state index contributed by atoms with van der Waals surface area (Å²) in [6, 6.07) is 7.38. The van der Waals surface area contributed by atoms with Gasteiger partial charge < -0.3 is 4.74 Å². The molecule has 0 aliphatic carbocycles. The number of hydrogen-bond donors (Lipinski definition) is 1. The lowest BCUT2D eigenvalue weighted by atomic mass is 9.90. The molecule has 0 saturated carbocycles. The molecule has 0 aromatic heterocycles. The zero-order valence-electron chi connectivity index (χ0n) is 9.03. The molecule has 1 saturated heterocycles. The van der Waals surface area contributed by atoms with Crippen molar-refractivity contribution in [2.45, 2.75) is 18.8 Å². The van der Waals surface area contributed by atoms with Gasteiger partial charge in [0.15, 0.2) is 0 Å². The summed E-state index contributed by atoms with van der Waals surface area (Å²) < 4.78 is 5.10. The minimum atomic E-state index is -0.243. The zero-order chi connectivity index (χ0) is 11.5. The average Bonchev–Trinajstić information content (AvgIpc) is 2.29. The summed E-state index contributed by atoms with van der Waals surface area (Å²) in [5.41, 5.74) is 0.893. The van der Waals surface area contributed by atoms with Gasteiger partial charge in [-0.2, -0.15) is 0 Å². The van der Waals surface area contributed by atoms with Crippen molar-refractivity contribution in [1.29, 1.82) is 0 Å². The van der Waals surface area contributed by atoms with Crippen LogP contribution in [0.3, 0.4) is 0 Å². The first-order chi connectivity index (χ1) is 7.70. The van der Waals surface area contributed by atoms with E-state index in [1.807, 2.05) is 24.3 Å². The van der Waals surface area contributed by atoms with Crippen LogP contribution in [0.5, 0.6) is 5.75 Å². The van der Waals surface area contributed by atoms with Crippen molar-refractivity contribution in [3.63, 3.8) is 0 Å². The van der Waals surface area contributed by atoms with Crippen LogP contribution in [0.2, 0.25) is 0 Å². The van der Waals surface area contributed by atoms with Crippen LogP contribution < -0.4 is 10.1 Å². The van der Waals surface area contributed by atoms with Gasteiger partial charge in [0.05, 0.1) is 13.0 Å². The summed E-state index contributed by atoms with van der Waals surface area (Å²) in [4.78, 5) is 22.6. The second-order valence-electron chi connectivity index (χ2n) is 3.78. The molecule has 0 spiro atoms. The van der Waals surface area contributed by atoms with Gasteiger partial charge in [-0.1, -0.05) is 12.1 Å². The third-order valence-corrected chi connectivity index (χ3v) is 2.74. The number of methoxy groups -OCH3 is 1. The van der Waals surface area contributed by atoms with Gasteiger partial charge in [0, 0.05) is 6.42 Å². The highest BCUT2D eigenvalue weighted by Crippen LogP contribution is 2.27. The van der Waals surface area contributed by atoms with Crippen LogP contribution >= 0.6 is 0 Å². The number of ether oxygens (including phenoxy) is 1. The predicted molar refractivity (Wildman–Crippen MR) is 58.1 cm³/mol. The number of amides is 2. The molecule has 1 aromatic rings. The Balaban J connectivity index is 2.23. The number of hydrogen-bond acceptors (Lipinski definition) is 3. The predicted octanol–water partition coefficient (Wildman–Crippen LogP) is 1.22. The monoisotopic (exact) mass is 219 g/mol. The number of carbonyl (C=O) groups excluding carboxylic acids is 2. The second kappa shape index (κ2) is 4.35. The quantitative estimate of drug-likeness (QED) is 0.761. The molecule has 4 nitrogen and oxygen atoms in total. The molecule has 0 bridgehead atoms. The summed E-state index contributed by atoms with van der Waals surface area (Å²) in [6.45, 7) is 0. The molecule has 4 heteroatoms. The van der Waals surface area contributed by atoms with Crippen molar-refractivity contribution < 1.29 is 14.3 Å². The number of nitrogens with one attached hydrogen (secondary N) is 1. The SMILES string of the molecule is COc1cccc(C2CCC(=O)NC2=O)c1. The van der Waals surface area contributed by atoms with E-state index in [1.165, 1.54) is 0 Å². The van der Waals surface area contributed by atoms with Gasteiger partial charge in [0.1, 0.15) is 5.75 Å². The van der Waals surface area contributed by atoms with E-state index < -0.39 is 0 Å². The standard InChI is InChI=1S/C12H13NO3/c1-16-9-4-2-3-8(7-9)10-5-6-11(14)13-12(10)15/h2-4,7,10H,5-6H2,1H3,(H,13,14,15). The molecule has 0 radical (unpaired) electrons. The fourth-order valence-corrected chi connectivity index (χ4v) is 1.87. The van der Waals surface area contributed by atoms with Crippen LogP contribution in [0.15, 0.2) is 24.3 Å². The van der Waals surface area contributed by atoms with Gasteiger partial charge in [-0.05, 0) is 24.1 Å². The second-order valence-corrected chi connectivity index (χ2v) is 3.78. The molecule has 84 valence electrons. The minimum Gasteiger partial charge on any atom is -0.497 e. The molecule has 1 unspecified atom stereocenters. The molecular weight excluding hydrogens is 206 g/mol. The van der Waals surface area contributed by atoms with Crippen LogP contribution in [0, 0.1) is 0 Å². The fourth-order valence-electron chi connectivity index (χ4n) is 1.87. The van der Waals surface area contributed by atoms with E-state index in [4.69, 9.17) is 4.74 Å². The summed E-state index contributed by atoms with van der Waals surface area (Å²) in [7, 11) is 1.59. The largest absolute Gasteiger partial charge is 0.497 e. The third-order valence-electron chi connectivity index (χ3n) is 2.74. The minimum absolute atomic E-state index is 0.191. The normalized spacial score (nSPS) is 20.4. The molecule has 1 N–H and O–H groups in total. The van der Waals surface area contributed by atoms with Crippen molar-refractivity contribution >= 4 is 11.8 Å². The third kappa shape index (κ3) is 2.05. The maximum absolute atomic E-state index is 11.6. The lowest BCUT2D eigenvalue weighted by Gasteiger charge is -2.21. The van der Waals surface area contributed by atoms with E-state index in [2.05, 4.69) is 5.32 Å². The van der Waals surface area contributed by atoms with Gasteiger partial charge in [0.2, 0.25) is 11.8 Å². The Morgan fingerprint density at radius 2 is 2.19 bits per heavy atom. The molecule has 2 amide bonds. The maximum atomic E-state index is 11.6. The maximum Gasteiger partial charge on any atom is 0.234 e. The average molecular weight is 219 g/mol. The smallest absolute Gasteiger partial charge is 0.234 e. The highest BCUT2D eigenvalue weighted by atomic mass is 16.5. The Morgan fingerprint density at radius 3 is 2.88 bits per heavy atom. The van der Waals surface area contributed by atoms with Gasteiger partial charge in [-0.15, -0.1) is 0 Å². The fraction of sp³-hybridized carbons (Fsp3) is 0.333. The van der Waals surface area contributed by atoms with Crippen LogP contribution in [0.4, 0.5) is 0 Å². The first-order valence-electron chi connectivity index (χ1n) is 5.18. The lowest BCUT2D eigenvalue weighted by Crippen LogP contribution is -2.39. The van der Waals surface area contributed by atoms with E-state index in [-0.39, 0.29) is 17.7 Å². The molecule has 1 aliphatic rings. The Kier molecular flexibility index (Phi) is 2.90. The first kappa shape index (κ1) is 10.7. The number of benzene rings is 1. The molecule has 1 heterocycles. The molecule has 1 atom stereocenters. The van der Waals surface area contributed by atoms with Gasteiger partial charge in [-0.3, -0.25) is 14.9 Å². The summed E-state index contributed by atoms with van der Waals surface area (Å²) in [5.74, 6) is 0.0728. The Labute approximate surface area is 93.6 Å². The molecule has 2 rings (SSSR count). The molecule has 1 fully saturated rings. The van der Waals surface area contributed by atoms with Crippen LogP contribution in [0.25, 0.3) is 0 Å². The highest BCUT2D eigenvalue weighted by Gasteiger charge is 2.27. The van der Waals surface area contributed by atoms with Crippen molar-refractivity contribution in [2.24, 2.45) is 0 Å². The van der Waals surface area contributed by atoms with Gasteiger partial charge >= 0.3 is 0 Å². The highest BCUT2D eigenvalue weighted by molar-refractivity contribution is 6.00. The van der Waals surface area contributed by atoms with E-state index >= 15 is 0 Å². The number of rotatable bonds is 2. The van der Waals surface area contributed by atoms with Gasteiger partial charge in [0.25, 0.3) is 0 Å². The first-order valence-corrected chi connectivity index (χ1v) is 5.18. The molecule has 16 heavy (non-hydrogen) atoms.